The van der Waals surface area contributed by atoms with Crippen LogP contribution in [0.15, 0.2) is 42.5 Å². The molecule has 3 nitrogen and oxygen atoms in total. The molecule has 0 aliphatic carbocycles. The number of benzene rings is 2. The summed E-state index contributed by atoms with van der Waals surface area (Å²) in [4.78, 5) is 0. The van der Waals surface area contributed by atoms with Crippen LogP contribution in [0.1, 0.15) is 62.8 Å². The molecule has 0 amide bonds. The van der Waals surface area contributed by atoms with Crippen LogP contribution in [0, 0.1) is 6.92 Å². The normalized spacial score (nSPS) is 18.0. The highest BCUT2D eigenvalue weighted by molar-refractivity contribution is 7.80. The fourth-order valence-corrected chi connectivity index (χ4v) is 3.64. The number of hydrogen-bond acceptors (Lipinski definition) is 2. The van der Waals surface area contributed by atoms with Crippen LogP contribution in [0.5, 0.6) is 5.75 Å². The third-order valence-corrected chi connectivity index (χ3v) is 4.98. The van der Waals surface area contributed by atoms with Crippen LogP contribution in [0.4, 0.5) is 5.69 Å². The van der Waals surface area contributed by atoms with Crippen LogP contribution in [0.25, 0.3) is 0 Å². The van der Waals surface area contributed by atoms with Gasteiger partial charge in [0.25, 0.3) is 0 Å². The first-order valence-corrected chi connectivity index (χ1v) is 9.61. The lowest BCUT2D eigenvalue weighted by Crippen LogP contribution is -2.42. The first-order chi connectivity index (χ1) is 12.2. The van der Waals surface area contributed by atoms with Crippen molar-refractivity contribution in [2.45, 2.75) is 58.6 Å². The van der Waals surface area contributed by atoms with Gasteiger partial charge in [-0.15, -0.1) is 0 Å². The predicted molar refractivity (Wildman–Crippen MR) is 113 cm³/mol. The van der Waals surface area contributed by atoms with Crippen LogP contribution >= 0.6 is 12.2 Å². The van der Waals surface area contributed by atoms with E-state index in [1.165, 1.54) is 16.7 Å². The molecule has 26 heavy (non-hydrogen) atoms. The van der Waals surface area contributed by atoms with Gasteiger partial charge < -0.3 is 15.4 Å². The van der Waals surface area contributed by atoms with Crippen molar-refractivity contribution < 1.29 is 4.74 Å². The molecule has 2 aromatic carbocycles. The molecule has 1 atom stereocenters. The monoisotopic (exact) mass is 368 g/mol. The summed E-state index contributed by atoms with van der Waals surface area (Å²) in [6, 6.07) is 14.9. The molecular weight excluding hydrogens is 340 g/mol. The van der Waals surface area contributed by atoms with E-state index in [4.69, 9.17) is 17.0 Å². The molecule has 1 aliphatic heterocycles. The number of aryl methyl sites for hydroxylation is 1. The summed E-state index contributed by atoms with van der Waals surface area (Å²) >= 11 is 5.58. The van der Waals surface area contributed by atoms with E-state index in [1.807, 2.05) is 0 Å². The van der Waals surface area contributed by atoms with Gasteiger partial charge in [-0.2, -0.15) is 0 Å². The fourth-order valence-electron chi connectivity index (χ4n) is 3.38. The van der Waals surface area contributed by atoms with Gasteiger partial charge in [-0.1, -0.05) is 43.7 Å². The molecule has 1 heterocycles. The van der Waals surface area contributed by atoms with E-state index in [2.05, 4.69) is 87.7 Å². The van der Waals surface area contributed by atoms with Crippen molar-refractivity contribution >= 4 is 23.0 Å². The first-order valence-electron chi connectivity index (χ1n) is 9.20. The maximum absolute atomic E-state index is 6.14. The summed E-state index contributed by atoms with van der Waals surface area (Å²) in [6.45, 7) is 10.7. The van der Waals surface area contributed by atoms with Crippen LogP contribution in [-0.2, 0) is 0 Å². The average molecular weight is 369 g/mol. The molecule has 0 saturated carbocycles. The van der Waals surface area contributed by atoms with Crippen LogP contribution < -0.4 is 15.4 Å². The molecule has 0 spiro atoms. The summed E-state index contributed by atoms with van der Waals surface area (Å²) in [7, 11) is 0. The van der Waals surface area contributed by atoms with Gasteiger partial charge in [0.2, 0.25) is 0 Å². The van der Waals surface area contributed by atoms with Gasteiger partial charge >= 0.3 is 0 Å². The highest BCUT2D eigenvalue weighted by Crippen LogP contribution is 2.39. The van der Waals surface area contributed by atoms with Gasteiger partial charge in [0.1, 0.15) is 11.4 Å². The van der Waals surface area contributed by atoms with Crippen LogP contribution in [-0.4, -0.2) is 10.7 Å². The van der Waals surface area contributed by atoms with Crippen molar-refractivity contribution in [2.75, 3.05) is 5.32 Å². The second kappa shape index (κ2) is 7.28. The van der Waals surface area contributed by atoms with Gasteiger partial charge in [0, 0.05) is 17.7 Å². The summed E-state index contributed by atoms with van der Waals surface area (Å²) in [5.41, 5.74) is 4.49. The highest BCUT2D eigenvalue weighted by Gasteiger charge is 2.34. The van der Waals surface area contributed by atoms with Crippen LogP contribution in [0.3, 0.4) is 0 Å². The number of rotatable bonds is 3. The molecule has 3 rings (SSSR count). The molecular formula is C22H28N2OS. The van der Waals surface area contributed by atoms with Crippen molar-refractivity contribution in [2.24, 2.45) is 0 Å². The molecule has 4 heteroatoms. The van der Waals surface area contributed by atoms with Crippen molar-refractivity contribution in [3.8, 4) is 5.75 Å². The lowest BCUT2D eigenvalue weighted by Gasteiger charge is -2.38. The van der Waals surface area contributed by atoms with E-state index in [0.29, 0.717) is 11.0 Å². The minimum absolute atomic E-state index is 0.128. The fraction of sp³-hybridized carbons (Fsp3) is 0.409. The second-order valence-electron chi connectivity index (χ2n) is 8.03. The molecule has 0 radical (unpaired) electrons. The summed E-state index contributed by atoms with van der Waals surface area (Å²) in [6.07, 6.45) is 0.859. The van der Waals surface area contributed by atoms with Gasteiger partial charge in [0.05, 0.1) is 6.04 Å². The first kappa shape index (κ1) is 18.7. The van der Waals surface area contributed by atoms with E-state index in [-0.39, 0.29) is 11.6 Å². The lowest BCUT2D eigenvalue weighted by molar-refractivity contribution is 0.0696. The van der Waals surface area contributed by atoms with E-state index < -0.39 is 0 Å². The number of fused-ring (bicyclic) bond motifs is 1. The Balaban J connectivity index is 1.73. The van der Waals surface area contributed by atoms with Gasteiger partial charge in [-0.25, -0.2) is 0 Å². The molecule has 0 fully saturated rings. The highest BCUT2D eigenvalue weighted by atomic mass is 32.1. The standard InChI is InChI=1S/C22H28N2OS/c1-14(2)16-7-9-17(10-8-16)23-21(26)24-19-13-22(4,5)25-20-11-6-15(3)12-18(19)20/h6-12,14,19H,13H2,1-5H3,(H2,23,24,26)/t19-/m1/s1. The summed E-state index contributed by atoms with van der Waals surface area (Å²) in [5, 5.41) is 7.43. The van der Waals surface area contributed by atoms with Gasteiger partial charge in [-0.3, -0.25) is 0 Å². The maximum Gasteiger partial charge on any atom is 0.171 e. The van der Waals surface area contributed by atoms with E-state index in [9.17, 15) is 0 Å². The zero-order chi connectivity index (χ0) is 18.9. The molecule has 2 aromatic rings. The van der Waals surface area contributed by atoms with Gasteiger partial charge in [0.15, 0.2) is 5.11 Å². The Labute approximate surface area is 162 Å². The number of hydrogen-bond donors (Lipinski definition) is 2. The number of anilines is 1. The summed E-state index contributed by atoms with van der Waals surface area (Å²) < 4.78 is 6.14. The van der Waals surface area contributed by atoms with E-state index >= 15 is 0 Å². The maximum atomic E-state index is 6.14. The Morgan fingerprint density at radius 1 is 1.15 bits per heavy atom. The predicted octanol–water partition coefficient (Wildman–Crippen LogP) is 5.71. The third-order valence-electron chi connectivity index (χ3n) is 4.76. The number of thiocarbonyl (C=S) groups is 1. The number of nitrogens with one attached hydrogen (secondary N) is 2. The third kappa shape index (κ3) is 4.36. The Morgan fingerprint density at radius 3 is 2.50 bits per heavy atom. The minimum Gasteiger partial charge on any atom is -0.487 e. The molecule has 0 aromatic heterocycles. The quantitative estimate of drug-likeness (QED) is 0.680. The van der Waals surface area contributed by atoms with Crippen molar-refractivity contribution in [3.63, 3.8) is 0 Å². The smallest absolute Gasteiger partial charge is 0.171 e. The Morgan fingerprint density at radius 2 is 1.85 bits per heavy atom. The lowest BCUT2D eigenvalue weighted by atomic mass is 9.89. The van der Waals surface area contributed by atoms with E-state index in [0.717, 1.165) is 17.9 Å². The Bertz CT molecular complexity index is 796. The van der Waals surface area contributed by atoms with Crippen LogP contribution in [0.2, 0.25) is 0 Å². The second-order valence-corrected chi connectivity index (χ2v) is 8.44. The van der Waals surface area contributed by atoms with Crippen molar-refractivity contribution in [1.82, 2.24) is 5.32 Å². The topological polar surface area (TPSA) is 33.3 Å². The Kier molecular flexibility index (Phi) is 5.24. The Hall–Kier alpha value is -2.07. The largest absolute Gasteiger partial charge is 0.487 e. The summed E-state index contributed by atoms with van der Waals surface area (Å²) in [5.74, 6) is 1.46. The zero-order valence-corrected chi connectivity index (χ0v) is 17.0. The average Bonchev–Trinajstić information content (AvgIpc) is 2.55. The van der Waals surface area contributed by atoms with Gasteiger partial charge in [-0.05, 0) is 62.7 Å². The molecule has 0 unspecified atom stereocenters. The zero-order valence-electron chi connectivity index (χ0n) is 16.2. The molecule has 0 saturated heterocycles. The van der Waals surface area contributed by atoms with Crippen molar-refractivity contribution in [1.29, 1.82) is 0 Å². The molecule has 0 bridgehead atoms. The van der Waals surface area contributed by atoms with Crippen molar-refractivity contribution in [3.05, 3.63) is 59.2 Å². The van der Waals surface area contributed by atoms with E-state index in [1.54, 1.807) is 0 Å². The molecule has 138 valence electrons. The minimum atomic E-state index is -0.228. The SMILES string of the molecule is Cc1ccc2c(c1)[C@H](NC(=S)Nc1ccc(C(C)C)cc1)CC(C)(C)O2. The molecule has 2 N–H and O–H groups in total. The molecule has 1 aliphatic rings. The number of ether oxygens (including phenoxy) is 1.